The second-order valence-electron chi connectivity index (χ2n) is 4.94. The van der Waals surface area contributed by atoms with Crippen LogP contribution < -0.4 is 0 Å². The lowest BCUT2D eigenvalue weighted by atomic mass is 9.81. The van der Waals surface area contributed by atoms with Crippen LogP contribution in [0.4, 0.5) is 4.39 Å². The summed E-state index contributed by atoms with van der Waals surface area (Å²) in [4.78, 5) is 0. The zero-order valence-electron chi connectivity index (χ0n) is 10.3. The van der Waals surface area contributed by atoms with Crippen molar-refractivity contribution in [1.29, 1.82) is 0 Å². The van der Waals surface area contributed by atoms with E-state index in [2.05, 4.69) is 36.7 Å². The van der Waals surface area contributed by atoms with Crippen molar-refractivity contribution in [2.24, 2.45) is 5.41 Å². The molecule has 90 valence electrons. The summed E-state index contributed by atoms with van der Waals surface area (Å²) >= 11 is 3.58. The maximum absolute atomic E-state index is 13.2. The molecule has 0 saturated carbocycles. The summed E-state index contributed by atoms with van der Waals surface area (Å²) in [5.41, 5.74) is 2.55. The van der Waals surface area contributed by atoms with Crippen LogP contribution in [0.5, 0.6) is 0 Å². The summed E-state index contributed by atoms with van der Waals surface area (Å²) in [6, 6.07) is 5.07. The first-order valence-electron chi connectivity index (χ1n) is 5.82. The normalized spacial score (nSPS) is 14.8. The molecule has 1 aromatic rings. The molecule has 1 rings (SSSR count). The minimum absolute atomic E-state index is 0.131. The summed E-state index contributed by atoms with van der Waals surface area (Å²) in [6.45, 7) is 6.50. The third-order valence-corrected chi connectivity index (χ3v) is 4.46. The van der Waals surface area contributed by atoms with Gasteiger partial charge in [-0.15, -0.1) is 0 Å². The van der Waals surface area contributed by atoms with E-state index in [9.17, 15) is 4.39 Å². The van der Waals surface area contributed by atoms with Crippen molar-refractivity contribution >= 4 is 15.9 Å². The van der Waals surface area contributed by atoms with Gasteiger partial charge in [0.2, 0.25) is 0 Å². The van der Waals surface area contributed by atoms with Gasteiger partial charge in [0.1, 0.15) is 5.82 Å². The minimum Gasteiger partial charge on any atom is -0.207 e. The Hall–Kier alpha value is -0.370. The van der Waals surface area contributed by atoms with Gasteiger partial charge in [-0.3, -0.25) is 0 Å². The summed E-state index contributed by atoms with van der Waals surface area (Å²) in [7, 11) is 0. The van der Waals surface area contributed by atoms with Gasteiger partial charge in [-0.25, -0.2) is 4.39 Å². The van der Waals surface area contributed by atoms with Crippen molar-refractivity contribution in [2.75, 3.05) is 5.33 Å². The smallest absolute Gasteiger partial charge is 0.123 e. The molecule has 0 aliphatic heterocycles. The van der Waals surface area contributed by atoms with Crippen molar-refractivity contribution in [3.8, 4) is 0 Å². The standard InChI is InChI=1S/C14H20BrF/c1-4-7-14(3,10-15)9-12-8-13(16)6-5-11(12)2/h5-6,8H,4,7,9-10H2,1-3H3. The molecule has 0 nitrogen and oxygen atoms in total. The SMILES string of the molecule is CCCC(C)(CBr)Cc1cc(F)ccc1C. The zero-order valence-corrected chi connectivity index (χ0v) is 11.9. The van der Waals surface area contributed by atoms with Gasteiger partial charge in [0.15, 0.2) is 0 Å². The Morgan fingerprint density at radius 2 is 2.06 bits per heavy atom. The average Bonchev–Trinajstić information content (AvgIpc) is 2.24. The van der Waals surface area contributed by atoms with Crippen LogP contribution in [0.2, 0.25) is 0 Å². The molecule has 0 heterocycles. The quantitative estimate of drug-likeness (QED) is 0.677. The van der Waals surface area contributed by atoms with E-state index in [1.54, 1.807) is 6.07 Å². The van der Waals surface area contributed by atoms with Crippen LogP contribution in [0.25, 0.3) is 0 Å². The maximum atomic E-state index is 13.2. The van der Waals surface area contributed by atoms with Gasteiger partial charge in [0.25, 0.3) is 0 Å². The van der Waals surface area contributed by atoms with Crippen molar-refractivity contribution < 1.29 is 4.39 Å². The fraction of sp³-hybridized carbons (Fsp3) is 0.571. The number of hydrogen-bond acceptors (Lipinski definition) is 0. The molecule has 0 amide bonds. The monoisotopic (exact) mass is 286 g/mol. The van der Waals surface area contributed by atoms with Crippen molar-refractivity contribution in [3.63, 3.8) is 0 Å². The van der Waals surface area contributed by atoms with Crippen LogP contribution in [0, 0.1) is 18.2 Å². The molecule has 0 spiro atoms. The second-order valence-corrected chi connectivity index (χ2v) is 5.50. The van der Waals surface area contributed by atoms with E-state index in [-0.39, 0.29) is 11.2 Å². The van der Waals surface area contributed by atoms with Gasteiger partial charge in [-0.1, -0.05) is 42.3 Å². The van der Waals surface area contributed by atoms with E-state index in [1.807, 2.05) is 6.07 Å². The fourth-order valence-electron chi connectivity index (χ4n) is 2.10. The Kier molecular flexibility index (Phi) is 4.97. The Labute approximate surface area is 106 Å². The molecular formula is C14H20BrF. The first-order chi connectivity index (χ1) is 7.50. The number of hydrogen-bond donors (Lipinski definition) is 0. The molecule has 0 saturated heterocycles. The first kappa shape index (κ1) is 13.7. The van der Waals surface area contributed by atoms with Crippen LogP contribution in [0.3, 0.4) is 0 Å². The minimum atomic E-state index is -0.131. The summed E-state index contributed by atoms with van der Waals surface area (Å²) in [6.07, 6.45) is 3.26. The highest BCUT2D eigenvalue weighted by Gasteiger charge is 2.23. The lowest BCUT2D eigenvalue weighted by Crippen LogP contribution is -2.21. The molecule has 0 radical (unpaired) electrons. The Bertz CT molecular complexity index is 349. The van der Waals surface area contributed by atoms with E-state index in [0.29, 0.717) is 0 Å². The number of aryl methyl sites for hydroxylation is 1. The topological polar surface area (TPSA) is 0 Å². The number of halogens is 2. The summed E-state index contributed by atoms with van der Waals surface area (Å²) in [5.74, 6) is -0.131. The Morgan fingerprint density at radius 3 is 2.62 bits per heavy atom. The molecule has 0 fully saturated rings. The average molecular weight is 287 g/mol. The van der Waals surface area contributed by atoms with E-state index < -0.39 is 0 Å². The van der Waals surface area contributed by atoms with Gasteiger partial charge < -0.3 is 0 Å². The largest absolute Gasteiger partial charge is 0.207 e. The van der Waals surface area contributed by atoms with Crippen molar-refractivity contribution in [1.82, 2.24) is 0 Å². The Balaban J connectivity index is 2.89. The molecule has 0 aliphatic rings. The third-order valence-electron chi connectivity index (χ3n) is 3.10. The molecule has 0 bridgehead atoms. The lowest BCUT2D eigenvalue weighted by molar-refractivity contribution is 0.339. The summed E-state index contributed by atoms with van der Waals surface area (Å²) < 4.78 is 13.2. The van der Waals surface area contributed by atoms with Crippen LogP contribution >= 0.6 is 15.9 Å². The van der Waals surface area contributed by atoms with Crippen LogP contribution in [0.15, 0.2) is 18.2 Å². The number of alkyl halides is 1. The summed E-state index contributed by atoms with van der Waals surface area (Å²) in [5, 5.41) is 0.962. The third kappa shape index (κ3) is 3.58. The maximum Gasteiger partial charge on any atom is 0.123 e. The number of benzene rings is 1. The molecular weight excluding hydrogens is 267 g/mol. The van der Waals surface area contributed by atoms with Crippen molar-refractivity contribution in [3.05, 3.63) is 35.1 Å². The molecule has 16 heavy (non-hydrogen) atoms. The Morgan fingerprint density at radius 1 is 1.38 bits per heavy atom. The van der Waals surface area contributed by atoms with Gasteiger partial charge >= 0.3 is 0 Å². The van der Waals surface area contributed by atoms with E-state index >= 15 is 0 Å². The van der Waals surface area contributed by atoms with E-state index in [4.69, 9.17) is 0 Å². The van der Waals surface area contributed by atoms with Gasteiger partial charge in [0, 0.05) is 5.33 Å². The van der Waals surface area contributed by atoms with Crippen LogP contribution in [0.1, 0.15) is 37.8 Å². The fourth-order valence-corrected chi connectivity index (χ4v) is 2.57. The van der Waals surface area contributed by atoms with E-state index in [0.717, 1.165) is 30.2 Å². The highest BCUT2D eigenvalue weighted by molar-refractivity contribution is 9.09. The predicted molar refractivity (Wildman–Crippen MR) is 71.7 cm³/mol. The molecule has 1 unspecified atom stereocenters. The lowest BCUT2D eigenvalue weighted by Gasteiger charge is -2.27. The van der Waals surface area contributed by atoms with Crippen molar-refractivity contribution in [2.45, 2.75) is 40.0 Å². The van der Waals surface area contributed by atoms with Gasteiger partial charge in [-0.2, -0.15) is 0 Å². The molecule has 2 heteroatoms. The highest BCUT2D eigenvalue weighted by atomic mass is 79.9. The first-order valence-corrected chi connectivity index (χ1v) is 6.94. The predicted octanol–water partition coefficient (Wildman–Crippen LogP) is 4.88. The van der Waals surface area contributed by atoms with Crippen LogP contribution in [-0.4, -0.2) is 5.33 Å². The van der Waals surface area contributed by atoms with E-state index in [1.165, 1.54) is 11.6 Å². The van der Waals surface area contributed by atoms with Gasteiger partial charge in [0.05, 0.1) is 0 Å². The highest BCUT2D eigenvalue weighted by Crippen LogP contribution is 2.31. The molecule has 0 N–H and O–H groups in total. The molecule has 1 atom stereocenters. The van der Waals surface area contributed by atoms with Gasteiger partial charge in [-0.05, 0) is 48.4 Å². The molecule has 0 aliphatic carbocycles. The number of rotatable bonds is 5. The molecule has 0 aromatic heterocycles. The van der Waals surface area contributed by atoms with Crippen LogP contribution in [-0.2, 0) is 6.42 Å². The second kappa shape index (κ2) is 5.81. The molecule has 1 aromatic carbocycles. The zero-order chi connectivity index (χ0) is 12.2.